The molecule has 0 bridgehead atoms. The molecule has 1 fully saturated rings. The number of nitrogens with zero attached hydrogens (tertiary/aromatic N) is 2. The van der Waals surface area contributed by atoms with Gasteiger partial charge >= 0.3 is 0 Å². The molecule has 1 aliphatic rings. The van der Waals surface area contributed by atoms with E-state index in [-0.39, 0.29) is 5.60 Å². The number of aromatic nitrogens is 2. The Hall–Kier alpha value is -0.870. The van der Waals surface area contributed by atoms with Crippen LogP contribution in [0.5, 0.6) is 0 Å². The predicted octanol–water partition coefficient (Wildman–Crippen LogP) is 3.06. The van der Waals surface area contributed by atoms with Crippen LogP contribution in [0.25, 0.3) is 0 Å². The maximum absolute atomic E-state index is 6.09. The number of hydrogen-bond donors (Lipinski definition) is 1. The summed E-state index contributed by atoms with van der Waals surface area (Å²) in [6.45, 7) is 7.08. The average Bonchev–Trinajstić information content (AvgIpc) is 2.28. The molecule has 1 saturated heterocycles. The van der Waals surface area contributed by atoms with Crippen molar-refractivity contribution >= 4 is 17.4 Å². The first-order valence-electron chi connectivity index (χ1n) is 6.41. The number of hydrogen-bond acceptors (Lipinski definition) is 4. The van der Waals surface area contributed by atoms with Gasteiger partial charge in [0.1, 0.15) is 17.3 Å². The highest BCUT2D eigenvalue weighted by molar-refractivity contribution is 6.30. The van der Waals surface area contributed by atoms with E-state index in [1.54, 1.807) is 0 Å². The highest BCUT2D eigenvalue weighted by atomic mass is 35.5. The molecule has 0 aliphatic carbocycles. The Balaban J connectivity index is 2.12. The highest BCUT2D eigenvalue weighted by Crippen LogP contribution is 2.28. The van der Waals surface area contributed by atoms with Gasteiger partial charge in [-0.3, -0.25) is 0 Å². The lowest BCUT2D eigenvalue weighted by molar-refractivity contribution is -0.0553. The fourth-order valence-electron chi connectivity index (χ4n) is 2.38. The molecule has 2 rings (SSSR count). The van der Waals surface area contributed by atoms with Gasteiger partial charge in [0.15, 0.2) is 0 Å². The molecule has 0 spiro atoms. The van der Waals surface area contributed by atoms with Gasteiger partial charge in [0.05, 0.1) is 5.60 Å². The predicted molar refractivity (Wildman–Crippen MR) is 73.1 cm³/mol. The van der Waals surface area contributed by atoms with Crippen LogP contribution in [0, 0.1) is 0 Å². The van der Waals surface area contributed by atoms with Crippen LogP contribution in [0.4, 0.5) is 5.82 Å². The van der Waals surface area contributed by atoms with Crippen molar-refractivity contribution in [3.63, 3.8) is 0 Å². The monoisotopic (exact) mass is 269 g/mol. The average molecular weight is 270 g/mol. The van der Waals surface area contributed by atoms with Crippen molar-refractivity contribution in [2.24, 2.45) is 0 Å². The Labute approximate surface area is 113 Å². The van der Waals surface area contributed by atoms with Crippen LogP contribution < -0.4 is 5.32 Å². The minimum Gasteiger partial charge on any atom is -0.375 e. The van der Waals surface area contributed by atoms with E-state index in [9.17, 15) is 0 Å². The first-order valence-corrected chi connectivity index (χ1v) is 6.79. The van der Waals surface area contributed by atoms with E-state index in [4.69, 9.17) is 16.3 Å². The minimum absolute atomic E-state index is 0.0703. The van der Waals surface area contributed by atoms with Gasteiger partial charge in [-0.2, -0.15) is 0 Å². The van der Waals surface area contributed by atoms with Crippen LogP contribution >= 0.6 is 11.6 Å². The zero-order valence-electron chi connectivity index (χ0n) is 11.2. The SMILES string of the molecule is CCc1c(Cl)ncnc1NC1CCOC(C)(C)C1. The lowest BCUT2D eigenvalue weighted by atomic mass is 9.94. The second-order valence-corrected chi connectivity index (χ2v) is 5.65. The summed E-state index contributed by atoms with van der Waals surface area (Å²) in [5.74, 6) is 0.861. The molecule has 1 atom stereocenters. The topological polar surface area (TPSA) is 47.0 Å². The van der Waals surface area contributed by atoms with Gasteiger partial charge in [0.25, 0.3) is 0 Å². The smallest absolute Gasteiger partial charge is 0.137 e. The molecule has 5 heteroatoms. The summed E-state index contributed by atoms with van der Waals surface area (Å²) >= 11 is 6.09. The maximum atomic E-state index is 6.09. The summed E-state index contributed by atoms with van der Waals surface area (Å²) < 4.78 is 5.71. The van der Waals surface area contributed by atoms with Crippen LogP contribution in [0.3, 0.4) is 0 Å². The van der Waals surface area contributed by atoms with Gasteiger partial charge in [0.2, 0.25) is 0 Å². The third-order valence-corrected chi connectivity index (χ3v) is 3.61. The Morgan fingerprint density at radius 2 is 2.28 bits per heavy atom. The molecule has 1 unspecified atom stereocenters. The van der Waals surface area contributed by atoms with Crippen molar-refractivity contribution in [3.8, 4) is 0 Å². The summed E-state index contributed by atoms with van der Waals surface area (Å²) in [6.07, 6.45) is 4.30. The van der Waals surface area contributed by atoms with Crippen molar-refractivity contribution in [1.29, 1.82) is 0 Å². The maximum Gasteiger partial charge on any atom is 0.137 e. The Morgan fingerprint density at radius 3 is 2.94 bits per heavy atom. The van der Waals surface area contributed by atoms with Gasteiger partial charge in [-0.15, -0.1) is 0 Å². The summed E-state index contributed by atoms with van der Waals surface area (Å²) in [5.41, 5.74) is 0.919. The lowest BCUT2D eigenvalue weighted by Crippen LogP contribution is -2.40. The molecule has 100 valence electrons. The standard InChI is InChI=1S/C13H20ClN3O/c1-4-10-11(14)15-8-16-12(10)17-9-5-6-18-13(2,3)7-9/h8-9H,4-7H2,1-3H3,(H,15,16,17). The van der Waals surface area contributed by atoms with E-state index >= 15 is 0 Å². The fourth-order valence-corrected chi connectivity index (χ4v) is 2.64. The van der Waals surface area contributed by atoms with Crippen molar-refractivity contribution < 1.29 is 4.74 Å². The molecule has 0 radical (unpaired) electrons. The molecule has 2 heterocycles. The summed E-state index contributed by atoms with van der Waals surface area (Å²) in [4.78, 5) is 8.33. The number of rotatable bonds is 3. The molecule has 18 heavy (non-hydrogen) atoms. The van der Waals surface area contributed by atoms with E-state index in [0.29, 0.717) is 11.2 Å². The van der Waals surface area contributed by atoms with Crippen molar-refractivity contribution in [1.82, 2.24) is 9.97 Å². The lowest BCUT2D eigenvalue weighted by Gasteiger charge is -2.36. The van der Waals surface area contributed by atoms with E-state index in [2.05, 4.69) is 36.1 Å². The Bertz CT molecular complexity index is 423. The molecule has 0 saturated carbocycles. The Kier molecular flexibility index (Phi) is 4.07. The number of halogens is 1. The van der Waals surface area contributed by atoms with Gasteiger partial charge in [0, 0.05) is 18.2 Å². The molecule has 1 N–H and O–H groups in total. The highest BCUT2D eigenvalue weighted by Gasteiger charge is 2.29. The summed E-state index contributed by atoms with van der Waals surface area (Å²) in [6, 6.07) is 0.380. The molecule has 1 aromatic heterocycles. The molecule has 1 aliphatic heterocycles. The quantitative estimate of drug-likeness (QED) is 0.857. The second kappa shape index (κ2) is 5.41. The third-order valence-electron chi connectivity index (χ3n) is 3.28. The molecular weight excluding hydrogens is 250 g/mol. The summed E-state index contributed by atoms with van der Waals surface area (Å²) in [7, 11) is 0. The van der Waals surface area contributed by atoms with Gasteiger partial charge in [-0.25, -0.2) is 9.97 Å². The summed E-state index contributed by atoms with van der Waals surface area (Å²) in [5, 5.41) is 4.02. The van der Waals surface area contributed by atoms with Crippen LogP contribution in [0.1, 0.15) is 39.2 Å². The van der Waals surface area contributed by atoms with Gasteiger partial charge in [-0.05, 0) is 33.1 Å². The van der Waals surface area contributed by atoms with Crippen molar-refractivity contribution in [3.05, 3.63) is 17.0 Å². The molecule has 1 aromatic rings. The Morgan fingerprint density at radius 1 is 1.50 bits per heavy atom. The van der Waals surface area contributed by atoms with E-state index in [1.165, 1.54) is 6.33 Å². The van der Waals surface area contributed by atoms with Gasteiger partial charge in [-0.1, -0.05) is 18.5 Å². The largest absolute Gasteiger partial charge is 0.375 e. The molecule has 4 nitrogen and oxygen atoms in total. The zero-order chi connectivity index (χ0) is 13.2. The number of nitrogens with one attached hydrogen (secondary N) is 1. The second-order valence-electron chi connectivity index (χ2n) is 5.29. The zero-order valence-corrected chi connectivity index (χ0v) is 11.9. The number of ether oxygens (including phenoxy) is 1. The van der Waals surface area contributed by atoms with E-state index < -0.39 is 0 Å². The van der Waals surface area contributed by atoms with Crippen molar-refractivity contribution in [2.75, 3.05) is 11.9 Å². The van der Waals surface area contributed by atoms with E-state index in [0.717, 1.165) is 37.3 Å². The first-order chi connectivity index (χ1) is 8.52. The third kappa shape index (κ3) is 3.12. The molecule has 0 amide bonds. The first kappa shape index (κ1) is 13.6. The minimum atomic E-state index is -0.0703. The van der Waals surface area contributed by atoms with Crippen LogP contribution in [-0.4, -0.2) is 28.2 Å². The fraction of sp³-hybridized carbons (Fsp3) is 0.692. The van der Waals surface area contributed by atoms with Crippen LogP contribution in [0.15, 0.2) is 6.33 Å². The normalized spacial score (nSPS) is 22.8. The molecule has 0 aromatic carbocycles. The van der Waals surface area contributed by atoms with Crippen LogP contribution in [0.2, 0.25) is 5.15 Å². The van der Waals surface area contributed by atoms with Gasteiger partial charge < -0.3 is 10.1 Å². The molecular formula is C13H20ClN3O. The van der Waals surface area contributed by atoms with Crippen LogP contribution in [-0.2, 0) is 11.2 Å². The van der Waals surface area contributed by atoms with E-state index in [1.807, 2.05) is 0 Å². The van der Waals surface area contributed by atoms with Crippen molar-refractivity contribution in [2.45, 2.75) is 51.7 Å². The number of anilines is 1.